The number of carboxylic acids is 1. The Labute approximate surface area is 442 Å². The third-order valence-electron chi connectivity index (χ3n) is 13.9. The van der Waals surface area contributed by atoms with Gasteiger partial charge in [-0.1, -0.05) is 36.4 Å². The summed E-state index contributed by atoms with van der Waals surface area (Å²) in [5.74, 6) is 3.89. The van der Waals surface area contributed by atoms with E-state index in [9.17, 15) is 19.5 Å². The maximum atomic E-state index is 14.2. The number of thioether (sulfide) groups is 1. The minimum Gasteiger partial charge on any atom is -0.493 e. The molecule has 394 valence electrons. The predicted octanol–water partition coefficient (Wildman–Crippen LogP) is 9.17. The summed E-state index contributed by atoms with van der Waals surface area (Å²) in [6.07, 6.45) is 4.25. The van der Waals surface area contributed by atoms with Crippen molar-refractivity contribution in [2.24, 2.45) is 4.99 Å². The Balaban J connectivity index is 1.01. The number of carbonyl (C=O) groups excluding carboxylic acids is 2. The summed E-state index contributed by atoms with van der Waals surface area (Å²) in [6, 6.07) is 29.1. The van der Waals surface area contributed by atoms with Crippen molar-refractivity contribution in [1.29, 1.82) is 0 Å². The first-order valence-electron chi connectivity index (χ1n) is 25.5. The number of nitrogens with one attached hydrogen (secondary N) is 1. The molecule has 4 aliphatic rings. The number of anilines is 4. The van der Waals surface area contributed by atoms with Crippen molar-refractivity contribution in [1.82, 2.24) is 0 Å². The van der Waals surface area contributed by atoms with Crippen LogP contribution in [0.25, 0.3) is 0 Å². The molecule has 0 saturated heterocycles. The number of carbonyl (C=O) groups is 3. The second-order valence-electron chi connectivity index (χ2n) is 19.0. The molecule has 3 aliphatic heterocycles. The molecule has 1 atom stereocenters. The molecule has 17 heteroatoms. The zero-order chi connectivity index (χ0) is 52.3. The topological polar surface area (TPSA) is 170 Å². The van der Waals surface area contributed by atoms with Crippen LogP contribution >= 0.6 is 11.8 Å². The van der Waals surface area contributed by atoms with Crippen molar-refractivity contribution >= 4 is 63.9 Å². The van der Waals surface area contributed by atoms with Crippen LogP contribution in [0.2, 0.25) is 0 Å². The molecule has 3 heterocycles. The summed E-state index contributed by atoms with van der Waals surface area (Å²) in [5, 5.41) is 12.9. The van der Waals surface area contributed by atoms with Gasteiger partial charge in [0.15, 0.2) is 23.0 Å². The number of aliphatic carboxylic acids is 1. The van der Waals surface area contributed by atoms with Gasteiger partial charge in [-0.3, -0.25) is 14.4 Å². The van der Waals surface area contributed by atoms with Crippen LogP contribution in [-0.4, -0.2) is 126 Å². The number of nitrogens with zero attached hydrogens (tertiary/aromatic N) is 4. The van der Waals surface area contributed by atoms with Crippen molar-refractivity contribution in [3.63, 3.8) is 0 Å². The Morgan fingerprint density at radius 3 is 2.23 bits per heavy atom. The third-order valence-corrected chi connectivity index (χ3v) is 15.6. The average molecular weight is 1040 g/mol. The maximum Gasteiger partial charge on any atom is 0.303 e. The highest BCUT2D eigenvalue weighted by atomic mass is 32.2. The van der Waals surface area contributed by atoms with Crippen LogP contribution in [0.15, 0.2) is 103 Å². The van der Waals surface area contributed by atoms with E-state index in [1.807, 2.05) is 71.3 Å². The normalized spacial score (nSPS) is 15.6. The smallest absolute Gasteiger partial charge is 0.303 e. The molecular weight excluding hydrogens is 975 g/mol. The first-order chi connectivity index (χ1) is 36.6. The number of benzene rings is 5. The van der Waals surface area contributed by atoms with Crippen LogP contribution in [0.1, 0.15) is 68.7 Å². The fraction of sp³-hybridized carbons (Fsp3) is 0.397. The molecule has 1 aliphatic carbocycles. The van der Waals surface area contributed by atoms with Gasteiger partial charge in [-0.25, -0.2) is 4.99 Å². The van der Waals surface area contributed by atoms with Crippen LogP contribution in [0.3, 0.4) is 0 Å². The Kier molecular flexibility index (Phi) is 17.3. The lowest BCUT2D eigenvalue weighted by molar-refractivity contribution is -0.137. The van der Waals surface area contributed by atoms with Gasteiger partial charge in [-0.2, -0.15) is 11.8 Å². The lowest BCUT2D eigenvalue weighted by Gasteiger charge is -2.30. The number of methoxy groups -OCH3 is 3. The van der Waals surface area contributed by atoms with Gasteiger partial charge in [-0.15, -0.1) is 0 Å². The lowest BCUT2D eigenvalue weighted by Crippen LogP contribution is -2.39. The Morgan fingerprint density at radius 2 is 1.52 bits per heavy atom. The van der Waals surface area contributed by atoms with E-state index in [4.69, 9.17) is 33.2 Å². The molecule has 75 heavy (non-hydrogen) atoms. The minimum absolute atomic E-state index is 0.0312. The highest BCUT2D eigenvalue weighted by molar-refractivity contribution is 8.01. The van der Waals surface area contributed by atoms with Crippen LogP contribution in [0.4, 0.5) is 28.4 Å². The number of hydrogen-bond acceptors (Lipinski definition) is 14. The Morgan fingerprint density at radius 1 is 0.840 bits per heavy atom. The van der Waals surface area contributed by atoms with E-state index in [1.165, 1.54) is 7.11 Å². The second-order valence-corrected chi connectivity index (χ2v) is 20.5. The first kappa shape index (κ1) is 52.8. The van der Waals surface area contributed by atoms with Gasteiger partial charge < -0.3 is 58.3 Å². The summed E-state index contributed by atoms with van der Waals surface area (Å²) in [6.45, 7) is 8.63. The number of ether oxygens (including phenoxy) is 7. The van der Waals surface area contributed by atoms with Gasteiger partial charge in [0.05, 0.1) is 75.8 Å². The predicted molar refractivity (Wildman–Crippen MR) is 292 cm³/mol. The van der Waals surface area contributed by atoms with Gasteiger partial charge in [0.2, 0.25) is 0 Å². The molecule has 0 unspecified atom stereocenters. The fourth-order valence-corrected chi connectivity index (χ4v) is 11.3. The summed E-state index contributed by atoms with van der Waals surface area (Å²) in [4.78, 5) is 50.2. The molecule has 0 radical (unpaired) electrons. The van der Waals surface area contributed by atoms with E-state index in [2.05, 4.69) is 45.9 Å². The molecule has 1 saturated carbocycles. The maximum absolute atomic E-state index is 14.2. The number of hydrogen-bond donors (Lipinski definition) is 2. The van der Waals surface area contributed by atoms with Gasteiger partial charge in [0.25, 0.3) is 11.8 Å². The molecule has 0 bridgehead atoms. The number of carboxylic acid groups (broad SMARTS) is 1. The Hall–Kier alpha value is -7.01. The first-order valence-corrected chi connectivity index (χ1v) is 26.4. The van der Waals surface area contributed by atoms with E-state index >= 15 is 0 Å². The van der Waals surface area contributed by atoms with Crippen molar-refractivity contribution < 1.29 is 52.6 Å². The van der Waals surface area contributed by atoms with E-state index in [1.54, 1.807) is 37.3 Å². The molecule has 2 N–H and O–H groups in total. The highest BCUT2D eigenvalue weighted by Gasteiger charge is 2.44. The number of amides is 2. The van der Waals surface area contributed by atoms with Crippen LogP contribution in [0.5, 0.6) is 23.0 Å². The highest BCUT2D eigenvalue weighted by Crippen LogP contribution is 2.50. The number of para-hydroxylation sites is 2. The molecule has 9 rings (SSSR count). The van der Waals surface area contributed by atoms with Gasteiger partial charge >= 0.3 is 5.97 Å². The summed E-state index contributed by atoms with van der Waals surface area (Å²) in [5.41, 5.74) is 8.50. The molecule has 5 aromatic rings. The number of fused-ring (bicyclic) bond motifs is 5. The quantitative estimate of drug-likeness (QED) is 0.0377. The van der Waals surface area contributed by atoms with E-state index in [0.29, 0.717) is 111 Å². The zero-order valence-corrected chi connectivity index (χ0v) is 43.7. The molecule has 1 fully saturated rings. The summed E-state index contributed by atoms with van der Waals surface area (Å²) in [7, 11) is 4.75. The number of aliphatic imine (C=N–C) groups is 1. The van der Waals surface area contributed by atoms with Crippen LogP contribution in [0, 0.1) is 0 Å². The molecule has 0 aromatic heterocycles. The van der Waals surface area contributed by atoms with Crippen LogP contribution in [-0.2, 0) is 45.1 Å². The lowest BCUT2D eigenvalue weighted by atomic mass is 10.1. The van der Waals surface area contributed by atoms with Gasteiger partial charge in [0.1, 0.15) is 13.2 Å². The fourth-order valence-electron chi connectivity index (χ4n) is 9.98. The van der Waals surface area contributed by atoms with E-state index in [0.717, 1.165) is 70.8 Å². The molecular formula is C58H65N5O11S. The van der Waals surface area contributed by atoms with Gasteiger partial charge in [0, 0.05) is 73.7 Å². The zero-order valence-electron chi connectivity index (χ0n) is 42.9. The van der Waals surface area contributed by atoms with Crippen molar-refractivity contribution in [2.45, 2.75) is 62.5 Å². The molecule has 5 aromatic carbocycles. The van der Waals surface area contributed by atoms with E-state index < -0.39 is 5.97 Å². The third kappa shape index (κ3) is 12.6. The SMILES string of the molecule is C=C=Nc1cc(OCc2cc(COc3cc4c(cc3OC)C(=O)N3c5ccccc5C[C@H]3CN4)cc(N(CCOCCOCCOC)CC3(SCCCC(=O)O)CC3)c2)c(OC)cc1C(=O)N1CCc2ccccc21. The van der Waals surface area contributed by atoms with Crippen LogP contribution < -0.4 is 39.0 Å². The number of rotatable bonds is 27. The summed E-state index contributed by atoms with van der Waals surface area (Å²) >= 11 is 1.84. The average Bonchev–Trinajstić information content (AvgIpc) is 3.93. The molecule has 0 spiro atoms. The van der Waals surface area contributed by atoms with E-state index in [-0.39, 0.29) is 42.2 Å². The molecule has 16 nitrogen and oxygen atoms in total. The largest absolute Gasteiger partial charge is 0.493 e. The second kappa shape index (κ2) is 24.6. The van der Waals surface area contributed by atoms with Gasteiger partial charge in [-0.05, 0) is 115 Å². The summed E-state index contributed by atoms with van der Waals surface area (Å²) < 4.78 is 41.9. The monoisotopic (exact) mass is 1040 g/mol. The Bertz CT molecular complexity index is 2920. The van der Waals surface area contributed by atoms with Crippen molar-refractivity contribution in [3.8, 4) is 23.0 Å². The van der Waals surface area contributed by atoms with Crippen molar-refractivity contribution in [3.05, 3.63) is 131 Å². The minimum atomic E-state index is -0.793. The standard InChI is InChI=1S/C58H65N5O11S/c1-5-59-47-33-53(51(69-3)31-45(47)56(66)62-19-16-41-11-6-8-13-49(41)62)73-36-39-27-40(29-43(28-39)61(20-21-71-24-25-72-23-22-68-2)38-58(17-18-58)75-26-10-15-55(64)65)37-74-54-34-48-46(32-52(54)70-4)57(67)63-44(35-60-48)30-42-12-7-9-14-50(42)63/h6-9,11-14,27-29,31-34,44,60H,1,10,15-26,30,35-38H2,2-4H3,(H,64,65)/t44-/m0/s1. The van der Waals surface area contributed by atoms with Crippen molar-refractivity contribution in [2.75, 3.05) is 106 Å². The molecule has 2 amide bonds.